The first-order valence-electron chi connectivity index (χ1n) is 9.50. The van der Waals surface area contributed by atoms with Crippen LogP contribution in [-0.4, -0.2) is 26.5 Å². The summed E-state index contributed by atoms with van der Waals surface area (Å²) in [5.74, 6) is -0.214. The Morgan fingerprint density at radius 1 is 1.10 bits per heavy atom. The molecule has 0 aliphatic rings. The minimum Gasteiger partial charge on any atom is -0.343 e. The van der Waals surface area contributed by atoms with Crippen molar-refractivity contribution in [2.45, 2.75) is 20.4 Å². The first-order chi connectivity index (χ1) is 14.0. The van der Waals surface area contributed by atoms with E-state index in [1.165, 1.54) is 0 Å². The molecule has 2 aromatic carbocycles. The molecule has 0 unspecified atom stereocenters. The molecule has 0 radical (unpaired) electrons. The lowest BCUT2D eigenvalue weighted by Crippen LogP contribution is -2.24. The van der Waals surface area contributed by atoms with E-state index in [1.54, 1.807) is 10.9 Å². The van der Waals surface area contributed by atoms with E-state index in [9.17, 15) is 4.79 Å². The quantitative estimate of drug-likeness (QED) is 0.419. The summed E-state index contributed by atoms with van der Waals surface area (Å²) in [6.07, 6.45) is 1.73. The van der Waals surface area contributed by atoms with E-state index in [0.29, 0.717) is 0 Å². The highest BCUT2D eigenvalue weighted by atomic mass is 16.2. The summed E-state index contributed by atoms with van der Waals surface area (Å²) >= 11 is 0. The van der Waals surface area contributed by atoms with Crippen molar-refractivity contribution in [2.24, 2.45) is 12.1 Å². The lowest BCUT2D eigenvalue weighted by molar-refractivity contribution is -0.121. The number of hydrogen-bond donors (Lipinski definition) is 1. The fraction of sp³-hybridized carbons (Fsp3) is 0.174. The van der Waals surface area contributed by atoms with Gasteiger partial charge in [-0.1, -0.05) is 48.5 Å². The molecule has 0 saturated carbocycles. The predicted molar refractivity (Wildman–Crippen MR) is 116 cm³/mol. The Morgan fingerprint density at radius 3 is 2.55 bits per heavy atom. The third-order valence-electron chi connectivity index (χ3n) is 4.97. The monoisotopic (exact) mass is 385 g/mol. The second kappa shape index (κ2) is 7.75. The molecule has 0 atom stereocenters. The average molecular weight is 385 g/mol. The number of rotatable bonds is 5. The van der Waals surface area contributed by atoms with Crippen molar-refractivity contribution in [2.75, 3.05) is 0 Å². The van der Waals surface area contributed by atoms with Gasteiger partial charge in [-0.3, -0.25) is 9.48 Å². The van der Waals surface area contributed by atoms with Crippen LogP contribution in [-0.2, 0) is 18.4 Å². The molecule has 0 aliphatic carbocycles. The number of carbonyl (C=O) groups excluding carboxylic acids is 1. The van der Waals surface area contributed by atoms with Crippen LogP contribution in [0.2, 0.25) is 0 Å². The zero-order valence-corrected chi connectivity index (χ0v) is 16.8. The molecule has 0 bridgehead atoms. The average Bonchev–Trinajstić information content (AvgIpc) is 3.18. The number of carbonyl (C=O) groups is 1. The number of nitrogens with one attached hydrogen (secondary N) is 1. The molecule has 146 valence electrons. The summed E-state index contributed by atoms with van der Waals surface area (Å²) in [5.41, 5.74) is 8.71. The van der Waals surface area contributed by atoms with Gasteiger partial charge in [-0.05, 0) is 31.5 Å². The number of aryl methyl sites for hydroxylation is 3. The molecule has 0 aliphatic heterocycles. The van der Waals surface area contributed by atoms with Gasteiger partial charge in [0.2, 0.25) is 0 Å². The van der Waals surface area contributed by atoms with Crippen molar-refractivity contribution >= 4 is 23.0 Å². The molecule has 2 heterocycles. The second-order valence-corrected chi connectivity index (χ2v) is 7.08. The Labute approximate surface area is 169 Å². The highest BCUT2D eigenvalue weighted by Crippen LogP contribution is 2.31. The number of fused-ring (bicyclic) bond motifs is 1. The van der Waals surface area contributed by atoms with E-state index in [1.807, 2.05) is 57.3 Å². The largest absolute Gasteiger partial charge is 0.343 e. The van der Waals surface area contributed by atoms with Crippen LogP contribution in [0.25, 0.3) is 22.2 Å². The Kier molecular flexibility index (Phi) is 4.99. The molecular weight excluding hydrogens is 362 g/mol. The summed E-state index contributed by atoms with van der Waals surface area (Å²) in [6, 6.07) is 20.3. The molecule has 4 aromatic rings. The minimum atomic E-state index is -0.214. The van der Waals surface area contributed by atoms with E-state index >= 15 is 0 Å². The SMILES string of the molecule is Cc1cc(C)n(CC(=O)N/N=C/c2c(-c3ccccc3)n(C)c3ccccc23)n1. The summed E-state index contributed by atoms with van der Waals surface area (Å²) in [6.45, 7) is 3.97. The fourth-order valence-electron chi connectivity index (χ4n) is 3.67. The molecule has 2 aromatic heterocycles. The van der Waals surface area contributed by atoms with Crippen molar-refractivity contribution in [3.8, 4) is 11.3 Å². The molecule has 0 fully saturated rings. The van der Waals surface area contributed by atoms with Crippen molar-refractivity contribution in [1.29, 1.82) is 0 Å². The lowest BCUT2D eigenvalue weighted by Gasteiger charge is -2.06. The Balaban J connectivity index is 1.63. The van der Waals surface area contributed by atoms with Crippen molar-refractivity contribution in [3.63, 3.8) is 0 Å². The van der Waals surface area contributed by atoms with Crippen molar-refractivity contribution in [1.82, 2.24) is 19.8 Å². The van der Waals surface area contributed by atoms with Gasteiger partial charge in [0.1, 0.15) is 6.54 Å². The number of hydrogen-bond acceptors (Lipinski definition) is 3. The van der Waals surface area contributed by atoms with Gasteiger partial charge in [-0.25, -0.2) is 5.43 Å². The van der Waals surface area contributed by atoms with Gasteiger partial charge in [-0.2, -0.15) is 10.2 Å². The van der Waals surface area contributed by atoms with Gasteiger partial charge >= 0.3 is 0 Å². The standard InChI is InChI=1S/C23H23N5O/c1-16-13-17(2)28(26-16)15-22(29)25-24-14-20-19-11-7-8-12-21(19)27(3)23(20)18-9-5-4-6-10-18/h4-14H,15H2,1-3H3,(H,25,29)/b24-14+. The molecule has 6 nitrogen and oxygen atoms in total. The van der Waals surface area contributed by atoms with Gasteiger partial charge in [0.25, 0.3) is 5.91 Å². The molecule has 0 spiro atoms. The van der Waals surface area contributed by atoms with Crippen LogP contribution in [0.3, 0.4) is 0 Å². The normalized spacial score (nSPS) is 11.4. The van der Waals surface area contributed by atoms with Crippen LogP contribution in [0, 0.1) is 13.8 Å². The number of hydrazone groups is 1. The maximum Gasteiger partial charge on any atom is 0.261 e. The molecule has 29 heavy (non-hydrogen) atoms. The van der Waals surface area contributed by atoms with Gasteiger partial charge in [-0.15, -0.1) is 0 Å². The fourth-order valence-corrected chi connectivity index (χ4v) is 3.67. The summed E-state index contributed by atoms with van der Waals surface area (Å²) in [4.78, 5) is 12.3. The summed E-state index contributed by atoms with van der Waals surface area (Å²) < 4.78 is 3.83. The number of amides is 1. The van der Waals surface area contributed by atoms with Crippen molar-refractivity contribution in [3.05, 3.63) is 77.6 Å². The summed E-state index contributed by atoms with van der Waals surface area (Å²) in [7, 11) is 2.05. The van der Waals surface area contributed by atoms with Gasteiger partial charge < -0.3 is 4.57 Å². The zero-order valence-electron chi connectivity index (χ0n) is 16.8. The van der Waals surface area contributed by atoms with Crippen LogP contribution in [0.1, 0.15) is 17.0 Å². The Morgan fingerprint density at radius 2 is 1.83 bits per heavy atom. The van der Waals surface area contributed by atoms with E-state index < -0.39 is 0 Å². The number of para-hydroxylation sites is 1. The highest BCUT2D eigenvalue weighted by Gasteiger charge is 2.15. The first kappa shape index (κ1) is 18.7. The minimum absolute atomic E-state index is 0.137. The zero-order chi connectivity index (χ0) is 20.4. The second-order valence-electron chi connectivity index (χ2n) is 7.08. The first-order valence-corrected chi connectivity index (χ1v) is 9.50. The highest BCUT2D eigenvalue weighted by molar-refractivity contribution is 6.06. The van der Waals surface area contributed by atoms with Crippen molar-refractivity contribution < 1.29 is 4.79 Å². The lowest BCUT2D eigenvalue weighted by atomic mass is 10.1. The Hall–Kier alpha value is -3.67. The molecule has 4 rings (SSSR count). The van der Waals surface area contributed by atoms with E-state index in [0.717, 1.165) is 39.1 Å². The Bertz CT molecular complexity index is 1200. The van der Waals surface area contributed by atoms with Crippen LogP contribution < -0.4 is 5.43 Å². The number of benzene rings is 2. The summed E-state index contributed by atoms with van der Waals surface area (Å²) in [5, 5.41) is 9.65. The molecule has 1 N–H and O–H groups in total. The van der Waals surface area contributed by atoms with Gasteiger partial charge in [0.05, 0.1) is 17.6 Å². The molecule has 0 saturated heterocycles. The topological polar surface area (TPSA) is 64.2 Å². The van der Waals surface area contributed by atoms with Gasteiger partial charge in [0.15, 0.2) is 0 Å². The van der Waals surface area contributed by atoms with Crippen LogP contribution >= 0.6 is 0 Å². The smallest absolute Gasteiger partial charge is 0.261 e. The van der Waals surface area contributed by atoms with E-state index in [2.05, 4.69) is 44.5 Å². The third-order valence-corrected chi connectivity index (χ3v) is 4.97. The molecule has 1 amide bonds. The number of nitrogens with zero attached hydrogens (tertiary/aromatic N) is 4. The van der Waals surface area contributed by atoms with E-state index in [4.69, 9.17) is 0 Å². The van der Waals surface area contributed by atoms with Crippen LogP contribution in [0.15, 0.2) is 65.8 Å². The van der Waals surface area contributed by atoms with Gasteiger partial charge in [0, 0.05) is 29.2 Å². The molecule has 6 heteroatoms. The molecular formula is C23H23N5O. The third kappa shape index (κ3) is 3.69. The maximum absolute atomic E-state index is 12.3. The maximum atomic E-state index is 12.3. The van der Waals surface area contributed by atoms with E-state index in [-0.39, 0.29) is 12.5 Å². The number of aromatic nitrogens is 3. The van der Waals surface area contributed by atoms with Crippen LogP contribution in [0.5, 0.6) is 0 Å². The van der Waals surface area contributed by atoms with Crippen LogP contribution in [0.4, 0.5) is 0 Å². The predicted octanol–water partition coefficient (Wildman–Crippen LogP) is 3.81.